The van der Waals surface area contributed by atoms with Gasteiger partial charge in [-0.05, 0) is 36.4 Å². The van der Waals surface area contributed by atoms with E-state index in [1.165, 1.54) is 0 Å². The molecule has 0 saturated carbocycles. The maximum atomic E-state index is 12.4. The maximum absolute atomic E-state index is 12.4. The molecule has 5 nitrogen and oxygen atoms in total. The Balaban J connectivity index is 1.58. The van der Waals surface area contributed by atoms with Crippen LogP contribution in [0.15, 0.2) is 53.0 Å². The van der Waals surface area contributed by atoms with Crippen LogP contribution in [0.4, 0.5) is 16.2 Å². The van der Waals surface area contributed by atoms with E-state index in [0.29, 0.717) is 13.1 Å². The van der Waals surface area contributed by atoms with E-state index < -0.39 is 0 Å². The summed E-state index contributed by atoms with van der Waals surface area (Å²) < 4.78 is 6.41. The van der Waals surface area contributed by atoms with Gasteiger partial charge in [-0.2, -0.15) is 0 Å². The van der Waals surface area contributed by atoms with Crippen molar-refractivity contribution in [2.45, 2.75) is 0 Å². The first kappa shape index (κ1) is 16.6. The summed E-state index contributed by atoms with van der Waals surface area (Å²) >= 11 is 3.39. The molecular weight excluding hydrogens is 370 g/mol. The van der Waals surface area contributed by atoms with Crippen LogP contribution in [-0.4, -0.2) is 44.2 Å². The summed E-state index contributed by atoms with van der Waals surface area (Å²) in [5, 5.41) is 2.94. The molecule has 1 saturated heterocycles. The summed E-state index contributed by atoms with van der Waals surface area (Å²) in [7, 11) is 1.68. The number of nitrogens with zero attached hydrogens (tertiary/aromatic N) is 2. The number of anilines is 2. The van der Waals surface area contributed by atoms with E-state index in [2.05, 4.69) is 32.2 Å². The molecule has 3 rings (SSSR count). The molecule has 0 aromatic heterocycles. The van der Waals surface area contributed by atoms with Gasteiger partial charge in [-0.1, -0.05) is 28.1 Å². The molecule has 1 N–H and O–H groups in total. The largest absolute Gasteiger partial charge is 0.495 e. The van der Waals surface area contributed by atoms with Crippen molar-refractivity contribution in [3.63, 3.8) is 0 Å². The van der Waals surface area contributed by atoms with E-state index in [9.17, 15) is 4.79 Å². The highest BCUT2D eigenvalue weighted by molar-refractivity contribution is 9.10. The number of halogens is 1. The molecule has 6 heteroatoms. The lowest BCUT2D eigenvalue weighted by Gasteiger charge is -2.36. The number of rotatable bonds is 3. The maximum Gasteiger partial charge on any atom is 0.321 e. The van der Waals surface area contributed by atoms with Crippen LogP contribution in [0.5, 0.6) is 5.75 Å². The SMILES string of the molecule is COc1ccccc1N1CCN(C(=O)Nc2ccc(Br)cc2)CC1. The van der Waals surface area contributed by atoms with Crippen LogP contribution >= 0.6 is 15.9 Å². The molecule has 2 aromatic rings. The third kappa shape index (κ3) is 3.82. The number of hydrogen-bond donors (Lipinski definition) is 1. The molecule has 0 bridgehead atoms. The highest BCUT2D eigenvalue weighted by Crippen LogP contribution is 2.28. The minimum atomic E-state index is -0.0583. The van der Waals surface area contributed by atoms with Crippen molar-refractivity contribution in [3.8, 4) is 5.75 Å². The highest BCUT2D eigenvalue weighted by Gasteiger charge is 2.22. The molecule has 1 heterocycles. The van der Waals surface area contributed by atoms with Crippen LogP contribution in [-0.2, 0) is 0 Å². The molecule has 0 aliphatic carbocycles. The van der Waals surface area contributed by atoms with Crippen LogP contribution in [0, 0.1) is 0 Å². The van der Waals surface area contributed by atoms with E-state index in [1.54, 1.807) is 7.11 Å². The lowest BCUT2D eigenvalue weighted by molar-refractivity contribution is 0.208. The van der Waals surface area contributed by atoms with Crippen molar-refractivity contribution in [3.05, 3.63) is 53.0 Å². The third-order valence-corrected chi connectivity index (χ3v) is 4.62. The molecule has 0 radical (unpaired) electrons. The first-order chi connectivity index (χ1) is 11.7. The van der Waals surface area contributed by atoms with Gasteiger partial charge in [-0.15, -0.1) is 0 Å². The number of urea groups is 1. The zero-order chi connectivity index (χ0) is 16.9. The molecule has 1 aliphatic heterocycles. The summed E-state index contributed by atoms with van der Waals surface area (Å²) in [4.78, 5) is 16.5. The van der Waals surface area contributed by atoms with Gasteiger partial charge in [0.05, 0.1) is 12.8 Å². The molecule has 1 aliphatic rings. The predicted octanol–water partition coefficient (Wildman–Crippen LogP) is 3.81. The van der Waals surface area contributed by atoms with E-state index in [-0.39, 0.29) is 6.03 Å². The van der Waals surface area contributed by atoms with Gasteiger partial charge in [0.25, 0.3) is 0 Å². The minimum absolute atomic E-state index is 0.0583. The normalized spacial score (nSPS) is 14.4. The lowest BCUT2D eigenvalue weighted by Crippen LogP contribution is -2.50. The molecule has 0 unspecified atom stereocenters. The number of benzene rings is 2. The molecule has 2 aromatic carbocycles. The topological polar surface area (TPSA) is 44.8 Å². The van der Waals surface area contributed by atoms with Gasteiger partial charge in [0, 0.05) is 36.3 Å². The second-order valence-corrected chi connectivity index (χ2v) is 6.50. The number of nitrogens with one attached hydrogen (secondary N) is 1. The average Bonchev–Trinajstić information content (AvgIpc) is 2.63. The van der Waals surface area contributed by atoms with E-state index >= 15 is 0 Å². The number of para-hydroxylation sites is 2. The van der Waals surface area contributed by atoms with Crippen molar-refractivity contribution in [2.24, 2.45) is 0 Å². The van der Waals surface area contributed by atoms with Crippen molar-refractivity contribution < 1.29 is 9.53 Å². The number of hydrogen-bond acceptors (Lipinski definition) is 3. The fraction of sp³-hybridized carbons (Fsp3) is 0.278. The van der Waals surface area contributed by atoms with Crippen LogP contribution in [0.3, 0.4) is 0 Å². The Morgan fingerprint density at radius 1 is 1.04 bits per heavy atom. The third-order valence-electron chi connectivity index (χ3n) is 4.09. The van der Waals surface area contributed by atoms with Gasteiger partial charge >= 0.3 is 6.03 Å². The van der Waals surface area contributed by atoms with E-state index in [1.807, 2.05) is 47.4 Å². The summed E-state index contributed by atoms with van der Waals surface area (Å²) in [5.41, 5.74) is 1.88. The average molecular weight is 390 g/mol. The van der Waals surface area contributed by atoms with Crippen molar-refractivity contribution in [1.29, 1.82) is 0 Å². The fourth-order valence-electron chi connectivity index (χ4n) is 2.78. The van der Waals surface area contributed by atoms with Crippen molar-refractivity contribution in [2.75, 3.05) is 43.5 Å². The summed E-state index contributed by atoms with van der Waals surface area (Å²) in [6.45, 7) is 2.93. The monoisotopic (exact) mass is 389 g/mol. The molecule has 2 amide bonds. The smallest absolute Gasteiger partial charge is 0.321 e. The zero-order valence-corrected chi connectivity index (χ0v) is 15.1. The molecular formula is C18H20BrN3O2. The number of methoxy groups -OCH3 is 1. The lowest BCUT2D eigenvalue weighted by atomic mass is 10.2. The van der Waals surface area contributed by atoms with Gasteiger partial charge in [0.1, 0.15) is 5.75 Å². The zero-order valence-electron chi connectivity index (χ0n) is 13.5. The second kappa shape index (κ2) is 7.57. The quantitative estimate of drug-likeness (QED) is 0.867. The molecule has 0 atom stereocenters. The summed E-state index contributed by atoms with van der Waals surface area (Å²) in [5.74, 6) is 0.866. The second-order valence-electron chi connectivity index (χ2n) is 5.58. The minimum Gasteiger partial charge on any atom is -0.495 e. The van der Waals surface area contributed by atoms with Gasteiger partial charge in [-0.3, -0.25) is 0 Å². The van der Waals surface area contributed by atoms with Crippen molar-refractivity contribution in [1.82, 2.24) is 4.90 Å². The number of carbonyl (C=O) groups excluding carboxylic acids is 1. The number of carbonyl (C=O) groups is 1. The number of amides is 2. The van der Waals surface area contributed by atoms with Crippen LogP contribution in [0.1, 0.15) is 0 Å². The molecule has 1 fully saturated rings. The van der Waals surface area contributed by atoms with E-state index in [4.69, 9.17) is 4.74 Å². The Kier molecular flexibility index (Phi) is 5.25. The van der Waals surface area contributed by atoms with Gasteiger partial charge in [0.2, 0.25) is 0 Å². The Labute approximate surface area is 150 Å². The molecule has 0 spiro atoms. The summed E-state index contributed by atoms with van der Waals surface area (Å²) in [6, 6.07) is 15.5. The van der Waals surface area contributed by atoms with Crippen LogP contribution in [0.2, 0.25) is 0 Å². The Hall–Kier alpha value is -2.21. The fourth-order valence-corrected chi connectivity index (χ4v) is 3.04. The van der Waals surface area contributed by atoms with Crippen LogP contribution in [0.25, 0.3) is 0 Å². The number of ether oxygens (including phenoxy) is 1. The standard InChI is InChI=1S/C18H20BrN3O2/c1-24-17-5-3-2-4-16(17)21-10-12-22(13-11-21)18(23)20-15-8-6-14(19)7-9-15/h2-9H,10-13H2,1H3,(H,20,23). The van der Waals surface area contributed by atoms with Gasteiger partial charge in [0.15, 0.2) is 0 Å². The Morgan fingerprint density at radius 3 is 2.38 bits per heavy atom. The van der Waals surface area contributed by atoms with Gasteiger partial charge < -0.3 is 19.9 Å². The van der Waals surface area contributed by atoms with E-state index in [0.717, 1.165) is 34.7 Å². The first-order valence-electron chi connectivity index (χ1n) is 7.87. The van der Waals surface area contributed by atoms with Crippen LogP contribution < -0.4 is 15.0 Å². The van der Waals surface area contributed by atoms with Crippen molar-refractivity contribution >= 4 is 33.3 Å². The number of piperazine rings is 1. The Morgan fingerprint density at radius 2 is 1.71 bits per heavy atom. The Bertz CT molecular complexity index is 698. The van der Waals surface area contributed by atoms with Gasteiger partial charge in [-0.25, -0.2) is 4.79 Å². The highest BCUT2D eigenvalue weighted by atomic mass is 79.9. The molecule has 24 heavy (non-hydrogen) atoms. The molecule has 126 valence electrons. The summed E-state index contributed by atoms with van der Waals surface area (Å²) in [6.07, 6.45) is 0. The predicted molar refractivity (Wildman–Crippen MR) is 99.9 cm³/mol. The first-order valence-corrected chi connectivity index (χ1v) is 8.66.